The van der Waals surface area contributed by atoms with E-state index in [4.69, 9.17) is 11.6 Å². The molecule has 2 atom stereocenters. The molecule has 2 fully saturated rings. The van der Waals surface area contributed by atoms with Crippen LogP contribution in [0.15, 0.2) is 17.2 Å². The molecule has 2 aliphatic rings. The van der Waals surface area contributed by atoms with E-state index in [-0.39, 0.29) is 10.9 Å². The van der Waals surface area contributed by atoms with E-state index in [1.165, 1.54) is 0 Å². The zero-order valence-corrected chi connectivity index (χ0v) is 12.0. The van der Waals surface area contributed by atoms with Gasteiger partial charge < -0.3 is 9.47 Å². The summed E-state index contributed by atoms with van der Waals surface area (Å²) in [5.41, 5.74) is 0.0503. The number of aromatic nitrogens is 2. The molecule has 2 aliphatic heterocycles. The topological polar surface area (TPSA) is 38.1 Å². The molecule has 1 aromatic rings. The Labute approximate surface area is 118 Å². The Hall–Kier alpha value is -1.03. The molecule has 0 aromatic carbocycles. The van der Waals surface area contributed by atoms with E-state index in [0.717, 1.165) is 38.6 Å². The van der Waals surface area contributed by atoms with Crippen molar-refractivity contribution in [3.8, 4) is 0 Å². The van der Waals surface area contributed by atoms with Crippen molar-refractivity contribution in [1.29, 1.82) is 0 Å². The standard InChI is InChI=1S/C14H20ClN3O/c1-2-6-17-7-5-16-13(14(17)19)18-11-3-4-12(18)9-10(15)8-11/h5,7,10-12H,2-4,6,8-9H2,1H3. The maximum absolute atomic E-state index is 12.5. The number of piperidine rings is 1. The first-order chi connectivity index (χ1) is 9.20. The van der Waals surface area contributed by atoms with Gasteiger partial charge in [-0.2, -0.15) is 0 Å². The first kappa shape index (κ1) is 13.0. The lowest BCUT2D eigenvalue weighted by molar-refractivity contribution is 0.466. The van der Waals surface area contributed by atoms with Crippen molar-refractivity contribution in [2.24, 2.45) is 0 Å². The summed E-state index contributed by atoms with van der Waals surface area (Å²) >= 11 is 6.29. The molecule has 2 bridgehead atoms. The van der Waals surface area contributed by atoms with Crippen LogP contribution in [0.25, 0.3) is 0 Å². The molecule has 2 saturated heterocycles. The molecule has 19 heavy (non-hydrogen) atoms. The highest BCUT2D eigenvalue weighted by Crippen LogP contribution is 2.39. The molecule has 104 valence electrons. The summed E-state index contributed by atoms with van der Waals surface area (Å²) in [6.45, 7) is 2.84. The average Bonchev–Trinajstić information content (AvgIpc) is 2.65. The molecule has 2 unspecified atom stereocenters. The number of anilines is 1. The lowest BCUT2D eigenvalue weighted by Gasteiger charge is -2.37. The van der Waals surface area contributed by atoms with E-state index in [1.54, 1.807) is 17.0 Å². The van der Waals surface area contributed by atoms with E-state index in [1.807, 2.05) is 0 Å². The molecule has 0 radical (unpaired) electrons. The van der Waals surface area contributed by atoms with Gasteiger partial charge in [-0.15, -0.1) is 11.6 Å². The van der Waals surface area contributed by atoms with Gasteiger partial charge in [0.05, 0.1) is 0 Å². The van der Waals surface area contributed by atoms with Gasteiger partial charge in [0, 0.05) is 36.4 Å². The SMILES string of the molecule is CCCn1ccnc(N2C3CCC2CC(Cl)C3)c1=O. The predicted molar refractivity (Wildman–Crippen MR) is 77.0 cm³/mol. The number of halogens is 1. The van der Waals surface area contributed by atoms with Gasteiger partial charge >= 0.3 is 0 Å². The van der Waals surface area contributed by atoms with Crippen molar-refractivity contribution in [3.05, 3.63) is 22.7 Å². The summed E-state index contributed by atoms with van der Waals surface area (Å²) in [5, 5.41) is 0.260. The molecule has 0 N–H and O–H groups in total. The van der Waals surface area contributed by atoms with Crippen LogP contribution in [0, 0.1) is 0 Å². The minimum atomic E-state index is 0.0503. The lowest BCUT2D eigenvalue weighted by Crippen LogP contribution is -2.47. The van der Waals surface area contributed by atoms with E-state index < -0.39 is 0 Å². The van der Waals surface area contributed by atoms with Gasteiger partial charge in [-0.3, -0.25) is 4.79 Å². The van der Waals surface area contributed by atoms with Gasteiger partial charge in [-0.25, -0.2) is 4.98 Å². The second kappa shape index (κ2) is 5.16. The minimum Gasteiger partial charge on any atom is -0.346 e. The maximum atomic E-state index is 12.5. The highest BCUT2D eigenvalue weighted by atomic mass is 35.5. The van der Waals surface area contributed by atoms with E-state index in [9.17, 15) is 4.79 Å². The molecule has 0 amide bonds. The minimum absolute atomic E-state index is 0.0503. The number of hydrogen-bond acceptors (Lipinski definition) is 3. The fraction of sp³-hybridized carbons (Fsp3) is 0.714. The number of nitrogens with zero attached hydrogens (tertiary/aromatic N) is 3. The van der Waals surface area contributed by atoms with Crippen molar-refractivity contribution in [2.45, 2.75) is 63.0 Å². The maximum Gasteiger partial charge on any atom is 0.293 e. The van der Waals surface area contributed by atoms with Crippen molar-refractivity contribution in [1.82, 2.24) is 9.55 Å². The van der Waals surface area contributed by atoms with Crippen LogP contribution >= 0.6 is 11.6 Å². The Bertz CT molecular complexity index is 502. The third kappa shape index (κ3) is 2.27. The van der Waals surface area contributed by atoms with Crippen LogP contribution in [0.5, 0.6) is 0 Å². The molecule has 3 heterocycles. The van der Waals surface area contributed by atoms with Crippen molar-refractivity contribution >= 4 is 17.4 Å². The zero-order valence-electron chi connectivity index (χ0n) is 11.3. The first-order valence-electron chi connectivity index (χ1n) is 7.18. The monoisotopic (exact) mass is 281 g/mol. The number of fused-ring (bicyclic) bond motifs is 2. The Morgan fingerprint density at radius 3 is 2.68 bits per heavy atom. The molecule has 0 spiro atoms. The molecule has 4 nitrogen and oxygen atoms in total. The first-order valence-corrected chi connectivity index (χ1v) is 7.62. The number of alkyl halides is 1. The molecular weight excluding hydrogens is 262 g/mol. The summed E-state index contributed by atoms with van der Waals surface area (Å²) in [6, 6.07) is 0.804. The van der Waals surface area contributed by atoms with Gasteiger partial charge in [0.15, 0.2) is 5.82 Å². The number of hydrogen-bond donors (Lipinski definition) is 0. The van der Waals surface area contributed by atoms with Crippen LogP contribution in [0.3, 0.4) is 0 Å². The Morgan fingerprint density at radius 2 is 2.05 bits per heavy atom. The van der Waals surface area contributed by atoms with Gasteiger partial charge in [0.1, 0.15) is 0 Å². The normalized spacial score (nSPS) is 29.8. The average molecular weight is 282 g/mol. The molecule has 3 rings (SSSR count). The van der Waals surface area contributed by atoms with Gasteiger partial charge in [0.25, 0.3) is 5.56 Å². The van der Waals surface area contributed by atoms with E-state index in [2.05, 4.69) is 16.8 Å². The molecular formula is C14H20ClN3O. The lowest BCUT2D eigenvalue weighted by atomic mass is 10.0. The second-order valence-corrected chi connectivity index (χ2v) is 6.23. The third-order valence-electron chi connectivity index (χ3n) is 4.28. The fourth-order valence-corrected chi connectivity index (χ4v) is 3.90. The van der Waals surface area contributed by atoms with E-state index in [0.29, 0.717) is 17.9 Å². The highest BCUT2D eigenvalue weighted by molar-refractivity contribution is 6.20. The number of aryl methyl sites for hydroxylation is 1. The summed E-state index contributed by atoms with van der Waals surface area (Å²) in [6.07, 6.45) is 8.71. The Morgan fingerprint density at radius 1 is 1.37 bits per heavy atom. The van der Waals surface area contributed by atoms with Crippen molar-refractivity contribution in [2.75, 3.05) is 4.90 Å². The Balaban J connectivity index is 1.95. The largest absolute Gasteiger partial charge is 0.346 e. The number of rotatable bonds is 3. The van der Waals surface area contributed by atoms with Gasteiger partial charge in [0.2, 0.25) is 0 Å². The molecule has 0 aliphatic carbocycles. The quantitative estimate of drug-likeness (QED) is 0.799. The van der Waals surface area contributed by atoms with Crippen LogP contribution in [0.2, 0.25) is 0 Å². The van der Waals surface area contributed by atoms with Crippen LogP contribution in [0.4, 0.5) is 5.82 Å². The van der Waals surface area contributed by atoms with Crippen LogP contribution in [0.1, 0.15) is 39.0 Å². The molecule has 5 heteroatoms. The fourth-order valence-electron chi connectivity index (χ4n) is 3.49. The Kier molecular flexibility index (Phi) is 3.52. The van der Waals surface area contributed by atoms with Gasteiger partial charge in [-0.05, 0) is 32.1 Å². The summed E-state index contributed by atoms with van der Waals surface area (Å²) in [5.74, 6) is 0.631. The van der Waals surface area contributed by atoms with Gasteiger partial charge in [-0.1, -0.05) is 6.92 Å². The molecule has 0 saturated carbocycles. The van der Waals surface area contributed by atoms with Crippen LogP contribution in [-0.4, -0.2) is 27.0 Å². The zero-order chi connectivity index (χ0) is 13.4. The third-order valence-corrected chi connectivity index (χ3v) is 4.64. The summed E-state index contributed by atoms with van der Waals surface area (Å²) in [7, 11) is 0. The van der Waals surface area contributed by atoms with E-state index >= 15 is 0 Å². The van der Waals surface area contributed by atoms with Crippen LogP contribution in [-0.2, 0) is 6.54 Å². The molecule has 1 aromatic heterocycles. The predicted octanol–water partition coefficient (Wildman–Crippen LogP) is 2.39. The summed E-state index contributed by atoms with van der Waals surface area (Å²) < 4.78 is 1.77. The summed E-state index contributed by atoms with van der Waals surface area (Å²) in [4.78, 5) is 19.1. The highest BCUT2D eigenvalue weighted by Gasteiger charge is 2.41. The van der Waals surface area contributed by atoms with Crippen molar-refractivity contribution < 1.29 is 0 Å². The van der Waals surface area contributed by atoms with Crippen LogP contribution < -0.4 is 10.5 Å². The van der Waals surface area contributed by atoms with Crippen molar-refractivity contribution in [3.63, 3.8) is 0 Å². The smallest absolute Gasteiger partial charge is 0.293 e. The second-order valence-electron chi connectivity index (χ2n) is 5.61.